The fourth-order valence-electron chi connectivity index (χ4n) is 4.38. The number of pyridine rings is 1. The van der Waals surface area contributed by atoms with Crippen molar-refractivity contribution >= 4 is 27.0 Å². The molecule has 0 unspecified atom stereocenters. The number of hydrogen-bond acceptors (Lipinski definition) is 5. The number of aromatic nitrogens is 2. The molecular weight excluding hydrogens is 488 g/mol. The predicted octanol–water partition coefficient (Wildman–Crippen LogP) is 5.62. The van der Waals surface area contributed by atoms with E-state index in [1.165, 1.54) is 5.56 Å². The van der Waals surface area contributed by atoms with Gasteiger partial charge in [-0.3, -0.25) is 4.98 Å². The Labute approximate surface area is 216 Å². The van der Waals surface area contributed by atoms with Crippen molar-refractivity contribution in [1.29, 1.82) is 0 Å². The first-order chi connectivity index (χ1) is 17.4. The summed E-state index contributed by atoms with van der Waals surface area (Å²) in [5.41, 5.74) is 5.10. The molecule has 8 heteroatoms. The number of aryl methyl sites for hydroxylation is 1. The highest BCUT2D eigenvalue weighted by Crippen LogP contribution is 2.27. The Kier molecular flexibility index (Phi) is 7.18. The van der Waals surface area contributed by atoms with Gasteiger partial charge in [-0.2, -0.15) is 4.31 Å². The Hall–Kier alpha value is -3.07. The van der Waals surface area contributed by atoms with Crippen molar-refractivity contribution < 1.29 is 8.42 Å². The number of nitrogens with zero attached hydrogens (tertiary/aromatic N) is 4. The second-order valence-electron chi connectivity index (χ2n) is 9.41. The molecule has 1 saturated heterocycles. The molecule has 0 N–H and O–H groups in total. The largest absolute Gasteiger partial charge is 0.312 e. The lowest BCUT2D eigenvalue weighted by molar-refractivity contribution is 0.288. The van der Waals surface area contributed by atoms with E-state index in [0.29, 0.717) is 30.4 Å². The lowest BCUT2D eigenvalue weighted by atomic mass is 10.0. The summed E-state index contributed by atoms with van der Waals surface area (Å²) < 4.78 is 30.1. The molecule has 1 aliphatic rings. The molecule has 0 spiro atoms. The fraction of sp³-hybridized carbons (Fsp3) is 0.286. The van der Waals surface area contributed by atoms with Crippen LogP contribution in [0.3, 0.4) is 0 Å². The molecule has 0 saturated carbocycles. The van der Waals surface area contributed by atoms with Gasteiger partial charge in [0, 0.05) is 30.9 Å². The third-order valence-corrected chi connectivity index (χ3v) is 9.43. The number of hydrogen-bond donors (Lipinski definition) is 0. The van der Waals surface area contributed by atoms with E-state index < -0.39 is 10.0 Å². The smallest absolute Gasteiger partial charge is 0.243 e. The van der Waals surface area contributed by atoms with Gasteiger partial charge in [0.2, 0.25) is 10.0 Å². The summed E-state index contributed by atoms with van der Waals surface area (Å²) in [6.07, 6.45) is 5.45. The molecule has 2 aromatic heterocycles. The number of rotatable bonds is 6. The van der Waals surface area contributed by atoms with Crippen molar-refractivity contribution in [2.75, 3.05) is 13.1 Å². The van der Waals surface area contributed by atoms with Crippen molar-refractivity contribution in [1.82, 2.24) is 13.9 Å². The molecule has 0 amide bonds. The average molecular weight is 519 g/mol. The van der Waals surface area contributed by atoms with Crippen LogP contribution >= 0.6 is 11.3 Å². The van der Waals surface area contributed by atoms with E-state index in [9.17, 15) is 8.42 Å². The van der Waals surface area contributed by atoms with Crippen molar-refractivity contribution in [3.63, 3.8) is 0 Å². The van der Waals surface area contributed by atoms with E-state index in [4.69, 9.17) is 4.99 Å². The van der Waals surface area contributed by atoms with E-state index in [0.717, 1.165) is 40.2 Å². The topological polar surface area (TPSA) is 67.6 Å². The molecule has 4 aromatic rings. The lowest BCUT2D eigenvalue weighted by Crippen LogP contribution is -2.37. The van der Waals surface area contributed by atoms with Gasteiger partial charge in [-0.1, -0.05) is 42.8 Å². The first-order valence-electron chi connectivity index (χ1n) is 12.2. The van der Waals surface area contributed by atoms with Crippen molar-refractivity contribution in [3.05, 3.63) is 94.4 Å². The van der Waals surface area contributed by atoms with Crippen LogP contribution < -0.4 is 4.80 Å². The minimum absolute atomic E-state index is 0.347. The summed E-state index contributed by atoms with van der Waals surface area (Å²) in [4.78, 5) is 10.4. The molecular formula is C28H30N4O2S2. The van der Waals surface area contributed by atoms with Gasteiger partial charge >= 0.3 is 0 Å². The molecule has 0 radical (unpaired) electrons. The Morgan fingerprint density at radius 3 is 2.42 bits per heavy atom. The summed E-state index contributed by atoms with van der Waals surface area (Å²) in [5, 5.41) is 2.08. The maximum absolute atomic E-state index is 13.2. The van der Waals surface area contributed by atoms with E-state index in [2.05, 4.69) is 40.9 Å². The maximum Gasteiger partial charge on any atom is 0.243 e. The molecule has 0 bridgehead atoms. The zero-order valence-electron chi connectivity index (χ0n) is 20.5. The number of thiazole rings is 1. The van der Waals surface area contributed by atoms with Crippen LogP contribution in [0.4, 0.5) is 5.69 Å². The molecule has 2 aromatic carbocycles. The van der Waals surface area contributed by atoms with Crippen molar-refractivity contribution in [3.8, 4) is 11.3 Å². The highest BCUT2D eigenvalue weighted by Gasteiger charge is 2.28. The standard InChI is InChI=1S/C28H30N4O2S2/c1-21-5-9-25(10-6-21)30-28-32(19-23-4-3-15-29-18-23)27(20-35-28)24-7-11-26(12-8-24)36(33,34)31-16-13-22(2)14-17-31/h3-12,15,18,20,22H,13-14,16-17,19H2,1-2H3. The Morgan fingerprint density at radius 2 is 1.75 bits per heavy atom. The molecule has 0 aliphatic carbocycles. The Balaban J connectivity index is 1.50. The quantitative estimate of drug-likeness (QED) is 0.333. The van der Waals surface area contributed by atoms with E-state index in [1.54, 1.807) is 34.0 Å². The van der Waals surface area contributed by atoms with Gasteiger partial charge in [-0.15, -0.1) is 11.3 Å². The van der Waals surface area contributed by atoms with Crippen molar-refractivity contribution in [2.24, 2.45) is 10.9 Å². The Bertz CT molecular complexity index is 1480. The first kappa shape index (κ1) is 24.6. The molecule has 1 aliphatic heterocycles. The van der Waals surface area contributed by atoms with Gasteiger partial charge in [0.25, 0.3) is 0 Å². The molecule has 3 heterocycles. The summed E-state index contributed by atoms with van der Waals surface area (Å²) >= 11 is 1.57. The summed E-state index contributed by atoms with van der Waals surface area (Å²) in [6.45, 7) is 6.03. The highest BCUT2D eigenvalue weighted by atomic mass is 32.2. The second-order valence-corrected chi connectivity index (χ2v) is 12.2. The van der Waals surface area contributed by atoms with Gasteiger partial charge in [0.05, 0.1) is 22.8 Å². The third-order valence-electron chi connectivity index (χ3n) is 6.65. The highest BCUT2D eigenvalue weighted by molar-refractivity contribution is 7.89. The van der Waals surface area contributed by atoms with Gasteiger partial charge in [0.1, 0.15) is 0 Å². The number of sulfonamides is 1. The molecule has 0 atom stereocenters. The van der Waals surface area contributed by atoms with E-state index in [1.807, 2.05) is 42.6 Å². The number of benzene rings is 2. The first-order valence-corrected chi connectivity index (χ1v) is 14.5. The maximum atomic E-state index is 13.2. The van der Waals surface area contributed by atoms with Crippen LogP contribution in [-0.2, 0) is 16.6 Å². The van der Waals surface area contributed by atoms with E-state index in [-0.39, 0.29) is 0 Å². The molecule has 1 fully saturated rings. The minimum atomic E-state index is -3.48. The molecule has 5 rings (SSSR count). The fourth-order valence-corrected chi connectivity index (χ4v) is 6.78. The molecule has 6 nitrogen and oxygen atoms in total. The monoisotopic (exact) mass is 518 g/mol. The SMILES string of the molecule is Cc1ccc(N=c2scc(-c3ccc(S(=O)(=O)N4CCC(C)CC4)cc3)n2Cc2cccnc2)cc1. The number of piperidine rings is 1. The summed E-state index contributed by atoms with van der Waals surface area (Å²) in [6, 6.07) is 19.4. The van der Waals surface area contributed by atoms with Crippen LogP contribution in [0.2, 0.25) is 0 Å². The summed E-state index contributed by atoms with van der Waals surface area (Å²) in [5.74, 6) is 0.576. The van der Waals surface area contributed by atoms with E-state index >= 15 is 0 Å². The predicted molar refractivity (Wildman–Crippen MR) is 145 cm³/mol. The van der Waals surface area contributed by atoms with Crippen LogP contribution in [0.25, 0.3) is 11.3 Å². The van der Waals surface area contributed by atoms with Crippen LogP contribution in [0.15, 0.2) is 88.3 Å². The van der Waals surface area contributed by atoms with Crippen LogP contribution in [0.1, 0.15) is 30.9 Å². The van der Waals surface area contributed by atoms with Gasteiger partial charge in [0.15, 0.2) is 4.80 Å². The van der Waals surface area contributed by atoms with Crippen LogP contribution in [0.5, 0.6) is 0 Å². The van der Waals surface area contributed by atoms with Crippen LogP contribution in [0, 0.1) is 12.8 Å². The van der Waals surface area contributed by atoms with Gasteiger partial charge < -0.3 is 4.57 Å². The zero-order chi connectivity index (χ0) is 25.1. The van der Waals surface area contributed by atoms with Crippen molar-refractivity contribution in [2.45, 2.75) is 38.1 Å². The minimum Gasteiger partial charge on any atom is -0.312 e. The molecule has 186 valence electrons. The lowest BCUT2D eigenvalue weighted by Gasteiger charge is -2.29. The summed E-state index contributed by atoms with van der Waals surface area (Å²) in [7, 11) is -3.48. The van der Waals surface area contributed by atoms with Gasteiger partial charge in [-0.25, -0.2) is 13.4 Å². The average Bonchev–Trinajstić information content (AvgIpc) is 3.28. The third kappa shape index (κ3) is 5.36. The Morgan fingerprint density at radius 1 is 1.03 bits per heavy atom. The second kappa shape index (κ2) is 10.5. The van der Waals surface area contributed by atoms with Crippen LogP contribution in [-0.4, -0.2) is 35.4 Å². The zero-order valence-corrected chi connectivity index (χ0v) is 22.2. The molecule has 36 heavy (non-hydrogen) atoms. The normalized spacial score (nSPS) is 15.9. The van der Waals surface area contributed by atoms with Gasteiger partial charge in [-0.05, 0) is 67.1 Å².